The summed E-state index contributed by atoms with van der Waals surface area (Å²) in [5.74, 6) is -0.975. The molecular formula is C16H13N3O3S. The minimum atomic E-state index is -0.554. The number of ether oxygens (including phenoxy) is 1. The molecule has 3 aromatic rings. The highest BCUT2D eigenvalue weighted by atomic mass is 32.1. The lowest BCUT2D eigenvalue weighted by Crippen LogP contribution is -2.16. The van der Waals surface area contributed by atoms with Gasteiger partial charge in [0.15, 0.2) is 5.13 Å². The number of esters is 1. The molecule has 0 saturated carbocycles. The van der Waals surface area contributed by atoms with E-state index in [1.165, 1.54) is 23.5 Å². The molecule has 23 heavy (non-hydrogen) atoms. The average molecular weight is 327 g/mol. The number of amides is 1. The normalized spacial score (nSPS) is 10.5. The number of anilines is 1. The van der Waals surface area contributed by atoms with Crippen molar-refractivity contribution in [2.45, 2.75) is 6.92 Å². The Morgan fingerprint density at radius 2 is 1.87 bits per heavy atom. The maximum absolute atomic E-state index is 12.3. The molecule has 0 bridgehead atoms. The molecule has 3 rings (SSSR count). The van der Waals surface area contributed by atoms with E-state index in [1.807, 2.05) is 24.3 Å². The predicted molar refractivity (Wildman–Crippen MR) is 87.8 cm³/mol. The fraction of sp³-hybridized carbons (Fsp3) is 0.125. The van der Waals surface area contributed by atoms with Gasteiger partial charge in [0.05, 0.1) is 16.8 Å². The van der Waals surface area contributed by atoms with E-state index in [-0.39, 0.29) is 18.0 Å². The monoisotopic (exact) mass is 327 g/mol. The van der Waals surface area contributed by atoms with Gasteiger partial charge in [0, 0.05) is 0 Å². The quantitative estimate of drug-likeness (QED) is 0.745. The van der Waals surface area contributed by atoms with Gasteiger partial charge < -0.3 is 4.74 Å². The smallest absolute Gasteiger partial charge is 0.356 e. The minimum Gasteiger partial charge on any atom is -0.461 e. The van der Waals surface area contributed by atoms with Crippen molar-refractivity contribution in [2.75, 3.05) is 11.9 Å². The molecule has 0 fully saturated rings. The Morgan fingerprint density at radius 1 is 1.09 bits per heavy atom. The van der Waals surface area contributed by atoms with Crippen LogP contribution < -0.4 is 5.32 Å². The number of hydrogen-bond acceptors (Lipinski definition) is 6. The van der Waals surface area contributed by atoms with Gasteiger partial charge in [-0.1, -0.05) is 29.5 Å². The zero-order chi connectivity index (χ0) is 16.2. The molecule has 0 unspecified atom stereocenters. The Bertz CT molecular complexity index is 843. The third-order valence-corrected chi connectivity index (χ3v) is 3.93. The number of fused-ring (bicyclic) bond motifs is 1. The topological polar surface area (TPSA) is 81.2 Å². The Labute approximate surface area is 136 Å². The third kappa shape index (κ3) is 3.35. The number of para-hydroxylation sites is 1. The first-order valence-electron chi connectivity index (χ1n) is 6.98. The molecule has 1 amide bonds. The fourth-order valence-electron chi connectivity index (χ4n) is 1.97. The molecule has 1 N–H and O–H groups in total. The van der Waals surface area contributed by atoms with Crippen LogP contribution in [-0.2, 0) is 4.74 Å². The summed E-state index contributed by atoms with van der Waals surface area (Å²) in [6.45, 7) is 1.96. The van der Waals surface area contributed by atoms with E-state index >= 15 is 0 Å². The number of aromatic nitrogens is 2. The molecule has 2 heterocycles. The molecule has 0 aliphatic carbocycles. The molecule has 0 atom stereocenters. The van der Waals surface area contributed by atoms with Crippen LogP contribution in [0.4, 0.5) is 5.13 Å². The van der Waals surface area contributed by atoms with Gasteiger partial charge in [-0.15, -0.1) is 0 Å². The van der Waals surface area contributed by atoms with Crippen LogP contribution in [0.3, 0.4) is 0 Å². The lowest BCUT2D eigenvalue weighted by atomic mass is 10.3. The van der Waals surface area contributed by atoms with Gasteiger partial charge >= 0.3 is 5.97 Å². The van der Waals surface area contributed by atoms with Crippen LogP contribution in [0.25, 0.3) is 10.2 Å². The summed E-state index contributed by atoms with van der Waals surface area (Å²) in [6.07, 6.45) is 0. The fourth-order valence-corrected chi connectivity index (χ4v) is 2.83. The van der Waals surface area contributed by atoms with Crippen molar-refractivity contribution in [3.63, 3.8) is 0 Å². The van der Waals surface area contributed by atoms with Crippen molar-refractivity contribution in [2.24, 2.45) is 0 Å². The van der Waals surface area contributed by atoms with E-state index < -0.39 is 11.9 Å². The Morgan fingerprint density at radius 3 is 2.65 bits per heavy atom. The molecule has 0 aliphatic heterocycles. The molecule has 116 valence electrons. The Hall–Kier alpha value is -2.80. The van der Waals surface area contributed by atoms with Gasteiger partial charge in [0.2, 0.25) is 0 Å². The summed E-state index contributed by atoms with van der Waals surface area (Å²) in [4.78, 5) is 32.3. The highest BCUT2D eigenvalue weighted by molar-refractivity contribution is 7.22. The molecule has 6 nitrogen and oxygen atoms in total. The van der Waals surface area contributed by atoms with E-state index in [2.05, 4.69) is 15.3 Å². The Balaban J connectivity index is 1.80. The van der Waals surface area contributed by atoms with Crippen LogP contribution in [0.15, 0.2) is 42.5 Å². The summed E-state index contributed by atoms with van der Waals surface area (Å²) >= 11 is 1.38. The minimum absolute atomic E-state index is 0.101. The number of carbonyl (C=O) groups excluding carboxylic acids is 2. The molecule has 0 spiro atoms. The predicted octanol–water partition coefficient (Wildman–Crippen LogP) is 3.12. The number of nitrogens with zero attached hydrogens (tertiary/aromatic N) is 2. The van der Waals surface area contributed by atoms with E-state index in [4.69, 9.17) is 4.74 Å². The van der Waals surface area contributed by atoms with Gasteiger partial charge in [-0.2, -0.15) is 0 Å². The SMILES string of the molecule is CCOC(=O)c1cccc(C(=O)Nc2nc3ccccc3s2)n1. The van der Waals surface area contributed by atoms with Crippen LogP contribution in [0.5, 0.6) is 0 Å². The largest absolute Gasteiger partial charge is 0.461 e. The second-order valence-electron chi connectivity index (χ2n) is 4.57. The summed E-state index contributed by atoms with van der Waals surface area (Å²) in [5, 5.41) is 3.19. The van der Waals surface area contributed by atoms with Gasteiger partial charge in [0.1, 0.15) is 11.4 Å². The van der Waals surface area contributed by atoms with E-state index in [1.54, 1.807) is 13.0 Å². The summed E-state index contributed by atoms with van der Waals surface area (Å²) < 4.78 is 5.86. The van der Waals surface area contributed by atoms with Crippen LogP contribution in [0, 0.1) is 0 Å². The van der Waals surface area contributed by atoms with Crippen LogP contribution >= 0.6 is 11.3 Å². The first-order valence-corrected chi connectivity index (χ1v) is 7.80. The number of rotatable bonds is 4. The number of carbonyl (C=O) groups is 2. The maximum atomic E-state index is 12.3. The third-order valence-electron chi connectivity index (χ3n) is 2.98. The van der Waals surface area contributed by atoms with Crippen molar-refractivity contribution in [1.29, 1.82) is 0 Å². The number of benzene rings is 1. The molecule has 7 heteroatoms. The van der Waals surface area contributed by atoms with Crippen LogP contribution in [0.1, 0.15) is 27.9 Å². The van der Waals surface area contributed by atoms with Crippen molar-refractivity contribution in [1.82, 2.24) is 9.97 Å². The first kappa shape index (κ1) is 15.1. The first-order chi connectivity index (χ1) is 11.2. The Kier molecular flexibility index (Phi) is 4.29. The average Bonchev–Trinajstić information content (AvgIpc) is 2.97. The van der Waals surface area contributed by atoms with E-state index in [9.17, 15) is 9.59 Å². The molecular weight excluding hydrogens is 314 g/mol. The summed E-state index contributed by atoms with van der Waals surface area (Å²) in [5.41, 5.74) is 1.06. The molecule has 2 aromatic heterocycles. The number of hydrogen-bond donors (Lipinski definition) is 1. The second kappa shape index (κ2) is 6.53. The summed E-state index contributed by atoms with van der Waals surface area (Å²) in [6, 6.07) is 12.2. The van der Waals surface area contributed by atoms with Crippen LogP contribution in [-0.4, -0.2) is 28.5 Å². The van der Waals surface area contributed by atoms with Crippen molar-refractivity contribution in [3.8, 4) is 0 Å². The summed E-state index contributed by atoms with van der Waals surface area (Å²) in [7, 11) is 0. The molecule has 0 radical (unpaired) electrons. The van der Waals surface area contributed by atoms with E-state index in [0.717, 1.165) is 10.2 Å². The number of pyridine rings is 1. The van der Waals surface area contributed by atoms with Gasteiger partial charge in [-0.05, 0) is 31.2 Å². The van der Waals surface area contributed by atoms with Crippen LogP contribution in [0.2, 0.25) is 0 Å². The second-order valence-corrected chi connectivity index (χ2v) is 5.60. The highest BCUT2D eigenvalue weighted by Crippen LogP contribution is 2.25. The van der Waals surface area contributed by atoms with E-state index in [0.29, 0.717) is 5.13 Å². The van der Waals surface area contributed by atoms with Gasteiger partial charge in [-0.3, -0.25) is 10.1 Å². The number of thiazole rings is 1. The van der Waals surface area contributed by atoms with Crippen molar-refractivity contribution in [3.05, 3.63) is 53.9 Å². The lowest BCUT2D eigenvalue weighted by molar-refractivity contribution is 0.0519. The number of nitrogens with one attached hydrogen (secondary N) is 1. The van der Waals surface area contributed by atoms with Gasteiger partial charge in [0.25, 0.3) is 5.91 Å². The molecule has 1 aromatic carbocycles. The highest BCUT2D eigenvalue weighted by Gasteiger charge is 2.14. The van der Waals surface area contributed by atoms with Crippen molar-refractivity contribution >= 4 is 38.6 Å². The zero-order valence-electron chi connectivity index (χ0n) is 12.3. The zero-order valence-corrected chi connectivity index (χ0v) is 13.1. The molecule has 0 saturated heterocycles. The maximum Gasteiger partial charge on any atom is 0.356 e. The van der Waals surface area contributed by atoms with Crippen molar-refractivity contribution < 1.29 is 14.3 Å². The molecule has 0 aliphatic rings. The standard InChI is InChI=1S/C16H13N3O3S/c1-2-22-15(21)12-8-5-7-11(17-12)14(20)19-16-18-10-6-3-4-9-13(10)23-16/h3-9H,2H2,1H3,(H,18,19,20). The van der Waals surface area contributed by atoms with Gasteiger partial charge in [-0.25, -0.2) is 14.8 Å². The lowest BCUT2D eigenvalue weighted by Gasteiger charge is -2.04.